The first-order valence-corrected chi connectivity index (χ1v) is 7.37. The van der Waals surface area contributed by atoms with Crippen LogP contribution in [-0.2, 0) is 14.4 Å². The summed E-state index contributed by atoms with van der Waals surface area (Å²) in [6.45, 7) is 4.78. The van der Waals surface area contributed by atoms with E-state index in [0.29, 0.717) is 10.5 Å². The van der Waals surface area contributed by atoms with E-state index in [4.69, 9.17) is 9.94 Å². The van der Waals surface area contributed by atoms with Crippen molar-refractivity contribution in [3.8, 4) is 0 Å². The van der Waals surface area contributed by atoms with E-state index in [-0.39, 0.29) is 18.3 Å². The van der Waals surface area contributed by atoms with Gasteiger partial charge >= 0.3 is 11.1 Å². The van der Waals surface area contributed by atoms with E-state index in [1.807, 2.05) is 0 Å². The number of hydrogen-bond acceptors (Lipinski definition) is 6. The number of hydrogen-bond donors (Lipinski definition) is 1. The Hall–Kier alpha value is -2.09. The van der Waals surface area contributed by atoms with Crippen molar-refractivity contribution < 1.29 is 29.5 Å². The fourth-order valence-corrected chi connectivity index (χ4v) is 2.39. The number of ether oxygens (including phenoxy) is 1. The van der Waals surface area contributed by atoms with Gasteiger partial charge in [0.2, 0.25) is 5.12 Å². The van der Waals surface area contributed by atoms with Gasteiger partial charge in [-0.3, -0.25) is 4.79 Å². The van der Waals surface area contributed by atoms with Gasteiger partial charge in [-0.25, -0.2) is 10.0 Å². The van der Waals surface area contributed by atoms with Crippen LogP contribution in [0.15, 0.2) is 29.2 Å². The predicted octanol–water partition coefficient (Wildman–Crippen LogP) is 2.61. The van der Waals surface area contributed by atoms with Crippen molar-refractivity contribution in [2.45, 2.75) is 25.7 Å². The van der Waals surface area contributed by atoms with Crippen LogP contribution in [0.5, 0.6) is 0 Å². The van der Waals surface area contributed by atoms with Gasteiger partial charge in [0, 0.05) is 4.90 Å². The maximum absolute atomic E-state index is 12.3. The van der Waals surface area contributed by atoms with E-state index in [2.05, 4.69) is 4.84 Å². The van der Waals surface area contributed by atoms with Crippen LogP contribution in [-0.4, -0.2) is 34.6 Å². The fraction of sp³-hybridized carbons (Fsp3) is 0.429. The van der Waals surface area contributed by atoms with Gasteiger partial charge in [-0.05, 0) is 32.9 Å². The lowest BCUT2D eigenvalue weighted by molar-refractivity contribution is -0.976. The highest BCUT2D eigenvalue weighted by Gasteiger charge is 2.33. The molecule has 120 valence electrons. The van der Waals surface area contributed by atoms with Crippen molar-refractivity contribution in [1.29, 1.82) is 0 Å². The molecule has 0 aliphatic heterocycles. The van der Waals surface area contributed by atoms with Crippen LogP contribution in [0.2, 0.25) is 0 Å². The van der Waals surface area contributed by atoms with E-state index in [9.17, 15) is 14.5 Å². The van der Waals surface area contributed by atoms with Crippen molar-refractivity contribution in [3.63, 3.8) is 0 Å². The second kappa shape index (κ2) is 7.79. The number of esters is 1. The van der Waals surface area contributed by atoms with Crippen molar-refractivity contribution in [2.75, 3.05) is 13.2 Å². The third-order valence-electron chi connectivity index (χ3n) is 2.67. The molecule has 0 saturated heterocycles. The molecule has 0 aliphatic rings. The zero-order chi connectivity index (χ0) is 16.8. The Morgan fingerprint density at radius 1 is 1.32 bits per heavy atom. The molecule has 0 aromatic heterocycles. The number of carbonyl (C=O) groups excluding carboxylic acids is 2. The molecule has 0 bridgehead atoms. The number of thioether (sulfide) groups is 1. The lowest BCUT2D eigenvalue weighted by Gasteiger charge is -2.18. The third kappa shape index (κ3) is 5.03. The smallest absolute Gasteiger partial charge is 0.462 e. The van der Waals surface area contributed by atoms with Crippen LogP contribution in [0.25, 0.3) is 0 Å². The Morgan fingerprint density at radius 2 is 1.95 bits per heavy atom. The van der Waals surface area contributed by atoms with Crippen LogP contribution in [0.3, 0.4) is 0 Å². The summed E-state index contributed by atoms with van der Waals surface area (Å²) in [5.74, 6) is -0.506. The molecule has 0 amide bonds. The second-order valence-electron chi connectivity index (χ2n) is 5.00. The summed E-state index contributed by atoms with van der Waals surface area (Å²) in [5, 5.41) is 7.44. The van der Waals surface area contributed by atoms with Crippen molar-refractivity contribution >= 4 is 22.8 Å². The van der Waals surface area contributed by atoms with Crippen molar-refractivity contribution in [1.82, 2.24) is 0 Å². The number of nitrogens with zero attached hydrogens (tertiary/aromatic N) is 1. The lowest BCUT2D eigenvalue weighted by atomic mass is 9.97. The summed E-state index contributed by atoms with van der Waals surface area (Å²) in [5.41, 5.74) is -0.732. The maximum Gasteiger partial charge on any atom is 0.475 e. The Labute approximate surface area is 132 Å². The standard InChI is InChI=1S/C14H18NO6S/c1-4-20-12(16)10-7-5-6-8-11(10)22-13(17)14(2,3)9-21-15(18)19/h5-8H,4,9H2,1-3H3,(H,18,19)/q+1. The zero-order valence-corrected chi connectivity index (χ0v) is 13.4. The second-order valence-corrected chi connectivity index (χ2v) is 6.02. The fourth-order valence-electron chi connectivity index (χ4n) is 1.45. The molecule has 0 radical (unpaired) electrons. The summed E-state index contributed by atoms with van der Waals surface area (Å²) in [4.78, 5) is 39.4. The van der Waals surface area contributed by atoms with Gasteiger partial charge in [0.25, 0.3) is 0 Å². The molecule has 8 heteroatoms. The van der Waals surface area contributed by atoms with E-state index in [0.717, 1.165) is 11.8 Å². The average Bonchev–Trinajstić information content (AvgIpc) is 2.46. The van der Waals surface area contributed by atoms with Crippen LogP contribution in [0.4, 0.5) is 0 Å². The quantitative estimate of drug-likeness (QED) is 0.467. The van der Waals surface area contributed by atoms with Gasteiger partial charge in [0.05, 0.1) is 17.6 Å². The first-order chi connectivity index (χ1) is 10.3. The molecular weight excluding hydrogens is 310 g/mol. The number of benzene rings is 1. The highest BCUT2D eigenvalue weighted by Crippen LogP contribution is 2.32. The van der Waals surface area contributed by atoms with Gasteiger partial charge in [-0.15, -0.1) is 0 Å². The molecule has 7 nitrogen and oxygen atoms in total. The summed E-state index contributed by atoms with van der Waals surface area (Å²) < 4.78 is 4.95. The van der Waals surface area contributed by atoms with E-state index in [1.54, 1.807) is 45.0 Å². The molecule has 0 atom stereocenters. The molecule has 0 heterocycles. The summed E-state index contributed by atoms with van der Waals surface area (Å²) in [7, 11) is 0. The minimum atomic E-state index is -1.03. The maximum atomic E-state index is 12.3. The van der Waals surface area contributed by atoms with Gasteiger partial charge in [0.15, 0.2) is 6.61 Å². The normalized spacial score (nSPS) is 10.9. The SMILES string of the molecule is CCOC(=O)c1ccccc1SC(=O)C(C)(C)CO[N+](=O)O. The van der Waals surface area contributed by atoms with Crippen LogP contribution in [0.1, 0.15) is 31.1 Å². The first kappa shape index (κ1) is 18.0. The van der Waals surface area contributed by atoms with Crippen LogP contribution < -0.4 is 0 Å². The minimum Gasteiger partial charge on any atom is -0.462 e. The highest BCUT2D eigenvalue weighted by molar-refractivity contribution is 8.13. The lowest BCUT2D eigenvalue weighted by Crippen LogP contribution is -2.29. The monoisotopic (exact) mass is 328 g/mol. The number of rotatable bonds is 7. The zero-order valence-electron chi connectivity index (χ0n) is 12.6. The molecule has 1 N–H and O–H groups in total. The molecule has 0 aliphatic carbocycles. The van der Waals surface area contributed by atoms with E-state index in [1.165, 1.54) is 0 Å². The number of carbonyl (C=O) groups is 2. The van der Waals surface area contributed by atoms with Gasteiger partial charge in [0.1, 0.15) is 4.91 Å². The topological polar surface area (TPSA) is 92.9 Å². The Balaban J connectivity index is 2.88. The summed E-state index contributed by atoms with van der Waals surface area (Å²) in [6, 6.07) is 6.59. The van der Waals surface area contributed by atoms with E-state index < -0.39 is 16.5 Å². The summed E-state index contributed by atoms with van der Waals surface area (Å²) in [6.07, 6.45) is 0. The molecule has 22 heavy (non-hydrogen) atoms. The average molecular weight is 328 g/mol. The van der Waals surface area contributed by atoms with Crippen LogP contribution in [0, 0.1) is 10.3 Å². The Kier molecular flexibility index (Phi) is 6.36. The molecule has 0 fully saturated rings. The van der Waals surface area contributed by atoms with E-state index >= 15 is 0 Å². The molecule has 1 rings (SSSR count). The molecule has 1 aromatic rings. The van der Waals surface area contributed by atoms with Gasteiger partial charge in [-0.2, -0.15) is 4.84 Å². The minimum absolute atomic E-state index is 0.237. The first-order valence-electron chi connectivity index (χ1n) is 6.55. The molecule has 0 saturated carbocycles. The molecule has 0 spiro atoms. The van der Waals surface area contributed by atoms with Crippen LogP contribution >= 0.6 is 11.8 Å². The van der Waals surface area contributed by atoms with Gasteiger partial charge in [-0.1, -0.05) is 23.9 Å². The highest BCUT2D eigenvalue weighted by atomic mass is 32.2. The van der Waals surface area contributed by atoms with Gasteiger partial charge < -0.3 is 4.74 Å². The molecule has 0 unspecified atom stereocenters. The predicted molar refractivity (Wildman–Crippen MR) is 78.4 cm³/mol. The Bertz CT molecular complexity index is 572. The molecule has 1 aromatic carbocycles. The molecular formula is C14H18NO6S+. The Morgan fingerprint density at radius 3 is 2.55 bits per heavy atom. The van der Waals surface area contributed by atoms with Crippen molar-refractivity contribution in [3.05, 3.63) is 34.7 Å². The van der Waals surface area contributed by atoms with Crippen molar-refractivity contribution in [2.24, 2.45) is 5.41 Å². The largest absolute Gasteiger partial charge is 0.475 e. The summed E-state index contributed by atoms with van der Waals surface area (Å²) >= 11 is 0.861. The third-order valence-corrected chi connectivity index (χ3v) is 3.99.